The van der Waals surface area contributed by atoms with E-state index in [0.29, 0.717) is 5.41 Å². The van der Waals surface area contributed by atoms with Crippen molar-refractivity contribution in [2.45, 2.75) is 85.1 Å². The Morgan fingerprint density at radius 1 is 1.16 bits per heavy atom. The Morgan fingerprint density at radius 2 is 1.84 bits per heavy atom. The highest BCUT2D eigenvalue weighted by molar-refractivity contribution is 5.02. The number of fused-ring (bicyclic) bond motifs is 2. The Hall–Kier alpha value is -0.0400. The highest BCUT2D eigenvalue weighted by Crippen LogP contribution is 2.58. The van der Waals surface area contributed by atoms with Crippen LogP contribution >= 0.6 is 0 Å². The van der Waals surface area contributed by atoms with E-state index in [1.54, 1.807) is 0 Å². The Bertz CT molecular complexity index is 287. The molecule has 1 heteroatoms. The van der Waals surface area contributed by atoms with Crippen molar-refractivity contribution in [3.05, 3.63) is 0 Å². The van der Waals surface area contributed by atoms with Crippen molar-refractivity contribution in [1.82, 2.24) is 5.32 Å². The molecule has 2 rings (SSSR count). The van der Waals surface area contributed by atoms with E-state index in [2.05, 4.69) is 39.9 Å². The van der Waals surface area contributed by atoms with Gasteiger partial charge in [-0.25, -0.2) is 0 Å². The zero-order valence-corrected chi connectivity index (χ0v) is 13.9. The molecule has 3 unspecified atom stereocenters. The summed E-state index contributed by atoms with van der Waals surface area (Å²) >= 11 is 0. The van der Waals surface area contributed by atoms with Gasteiger partial charge in [-0.1, -0.05) is 33.1 Å². The van der Waals surface area contributed by atoms with Gasteiger partial charge in [0.25, 0.3) is 0 Å². The molecule has 0 amide bonds. The number of hydrogen-bond donors (Lipinski definition) is 1. The van der Waals surface area contributed by atoms with Gasteiger partial charge in [0.1, 0.15) is 0 Å². The van der Waals surface area contributed by atoms with E-state index in [-0.39, 0.29) is 5.54 Å². The van der Waals surface area contributed by atoms with E-state index in [4.69, 9.17) is 0 Å². The van der Waals surface area contributed by atoms with Crippen LogP contribution in [0.15, 0.2) is 0 Å². The molecular formula is C18H35N. The Labute approximate surface area is 120 Å². The van der Waals surface area contributed by atoms with Crippen molar-refractivity contribution in [2.75, 3.05) is 6.54 Å². The van der Waals surface area contributed by atoms with Crippen LogP contribution < -0.4 is 5.32 Å². The standard InChI is InChI=1S/C18H35N/c1-6-14(7-2)11-18(13-19-17(3,4)5)12-15-8-9-16(18)10-15/h14-16,19H,6-13H2,1-5H3. The summed E-state index contributed by atoms with van der Waals surface area (Å²) in [7, 11) is 0. The van der Waals surface area contributed by atoms with Gasteiger partial charge >= 0.3 is 0 Å². The lowest BCUT2D eigenvalue weighted by molar-refractivity contribution is 0.103. The van der Waals surface area contributed by atoms with Crippen molar-refractivity contribution in [3.8, 4) is 0 Å². The van der Waals surface area contributed by atoms with Crippen LogP contribution in [0.25, 0.3) is 0 Å². The summed E-state index contributed by atoms with van der Waals surface area (Å²) in [6.45, 7) is 13.0. The van der Waals surface area contributed by atoms with E-state index in [9.17, 15) is 0 Å². The molecule has 0 aromatic carbocycles. The molecule has 3 atom stereocenters. The maximum Gasteiger partial charge on any atom is 0.00967 e. The second-order valence-electron chi connectivity index (χ2n) is 8.43. The first-order valence-corrected chi connectivity index (χ1v) is 8.63. The van der Waals surface area contributed by atoms with Gasteiger partial charge in [-0.2, -0.15) is 0 Å². The minimum atomic E-state index is 0.267. The molecule has 0 aliphatic heterocycles. The van der Waals surface area contributed by atoms with Gasteiger partial charge in [-0.3, -0.25) is 0 Å². The SMILES string of the molecule is CCC(CC)CC1(CNC(C)(C)C)CC2CCC1C2. The van der Waals surface area contributed by atoms with Crippen LogP contribution in [0.4, 0.5) is 0 Å². The smallest absolute Gasteiger partial charge is 0.00967 e. The summed E-state index contributed by atoms with van der Waals surface area (Å²) in [6, 6.07) is 0. The van der Waals surface area contributed by atoms with Crippen LogP contribution in [0, 0.1) is 23.2 Å². The molecule has 0 aromatic heterocycles. The molecule has 19 heavy (non-hydrogen) atoms. The van der Waals surface area contributed by atoms with E-state index >= 15 is 0 Å². The lowest BCUT2D eigenvalue weighted by Crippen LogP contribution is -2.47. The third-order valence-corrected chi connectivity index (χ3v) is 5.92. The third-order valence-electron chi connectivity index (χ3n) is 5.92. The molecule has 1 N–H and O–H groups in total. The second-order valence-corrected chi connectivity index (χ2v) is 8.43. The maximum atomic E-state index is 3.84. The molecular weight excluding hydrogens is 230 g/mol. The monoisotopic (exact) mass is 265 g/mol. The quantitative estimate of drug-likeness (QED) is 0.712. The predicted octanol–water partition coefficient (Wildman–Crippen LogP) is 5.01. The van der Waals surface area contributed by atoms with E-state index < -0.39 is 0 Å². The van der Waals surface area contributed by atoms with Gasteiger partial charge in [0.2, 0.25) is 0 Å². The highest BCUT2D eigenvalue weighted by Gasteiger charge is 2.51. The van der Waals surface area contributed by atoms with E-state index in [1.807, 2.05) is 0 Å². The number of hydrogen-bond acceptors (Lipinski definition) is 1. The van der Waals surface area contributed by atoms with Crippen molar-refractivity contribution in [2.24, 2.45) is 23.2 Å². The molecule has 2 aliphatic carbocycles. The Balaban J connectivity index is 2.05. The molecule has 0 spiro atoms. The lowest BCUT2D eigenvalue weighted by Gasteiger charge is -2.42. The first-order chi connectivity index (χ1) is 8.88. The fourth-order valence-electron chi connectivity index (χ4n) is 4.69. The van der Waals surface area contributed by atoms with E-state index in [0.717, 1.165) is 17.8 Å². The zero-order chi connectivity index (χ0) is 14.1. The van der Waals surface area contributed by atoms with Crippen LogP contribution in [-0.2, 0) is 0 Å². The minimum absolute atomic E-state index is 0.267. The maximum absolute atomic E-state index is 3.84. The van der Waals surface area contributed by atoms with Crippen LogP contribution in [0.3, 0.4) is 0 Å². The number of nitrogens with one attached hydrogen (secondary N) is 1. The molecule has 112 valence electrons. The van der Waals surface area contributed by atoms with Gasteiger partial charge in [-0.05, 0) is 69.6 Å². The van der Waals surface area contributed by atoms with Crippen LogP contribution in [0.5, 0.6) is 0 Å². The molecule has 0 saturated heterocycles. The van der Waals surface area contributed by atoms with Gasteiger partial charge in [0.05, 0.1) is 0 Å². The number of rotatable bonds is 6. The average Bonchev–Trinajstić information content (AvgIpc) is 2.93. The average molecular weight is 265 g/mol. The summed E-state index contributed by atoms with van der Waals surface area (Å²) < 4.78 is 0. The van der Waals surface area contributed by atoms with Gasteiger partial charge < -0.3 is 5.32 Å². The second kappa shape index (κ2) is 5.76. The first-order valence-electron chi connectivity index (χ1n) is 8.63. The molecule has 0 radical (unpaired) electrons. The largest absolute Gasteiger partial charge is 0.312 e. The van der Waals surface area contributed by atoms with Crippen molar-refractivity contribution < 1.29 is 0 Å². The molecule has 2 aliphatic rings. The molecule has 0 aromatic rings. The molecule has 2 fully saturated rings. The summed E-state index contributed by atoms with van der Waals surface area (Å²) in [5.41, 5.74) is 0.898. The fourth-order valence-corrected chi connectivity index (χ4v) is 4.69. The molecule has 2 saturated carbocycles. The summed E-state index contributed by atoms with van der Waals surface area (Å²) in [4.78, 5) is 0. The molecule has 2 bridgehead atoms. The summed E-state index contributed by atoms with van der Waals surface area (Å²) in [6.07, 6.45) is 10.3. The first kappa shape index (κ1) is 15.4. The molecule has 0 heterocycles. The minimum Gasteiger partial charge on any atom is -0.312 e. The van der Waals surface area contributed by atoms with Gasteiger partial charge in [0, 0.05) is 12.1 Å². The fraction of sp³-hybridized carbons (Fsp3) is 1.00. The third kappa shape index (κ3) is 3.54. The van der Waals surface area contributed by atoms with E-state index in [1.165, 1.54) is 51.5 Å². The van der Waals surface area contributed by atoms with Crippen molar-refractivity contribution in [3.63, 3.8) is 0 Å². The normalized spacial score (nSPS) is 34.4. The Morgan fingerprint density at radius 3 is 2.26 bits per heavy atom. The summed E-state index contributed by atoms with van der Waals surface area (Å²) in [5.74, 6) is 3.02. The van der Waals surface area contributed by atoms with Gasteiger partial charge in [0.15, 0.2) is 0 Å². The topological polar surface area (TPSA) is 12.0 Å². The predicted molar refractivity (Wildman–Crippen MR) is 84.3 cm³/mol. The zero-order valence-electron chi connectivity index (χ0n) is 13.9. The summed E-state index contributed by atoms with van der Waals surface area (Å²) in [5, 5.41) is 3.84. The van der Waals surface area contributed by atoms with Crippen LogP contribution in [-0.4, -0.2) is 12.1 Å². The van der Waals surface area contributed by atoms with Crippen LogP contribution in [0.1, 0.15) is 79.6 Å². The van der Waals surface area contributed by atoms with Crippen molar-refractivity contribution >= 4 is 0 Å². The lowest BCUT2D eigenvalue weighted by atomic mass is 9.67. The Kier molecular flexibility index (Phi) is 4.65. The van der Waals surface area contributed by atoms with Crippen molar-refractivity contribution in [1.29, 1.82) is 0 Å². The van der Waals surface area contributed by atoms with Gasteiger partial charge in [-0.15, -0.1) is 0 Å². The van der Waals surface area contributed by atoms with Crippen LogP contribution in [0.2, 0.25) is 0 Å². The highest BCUT2D eigenvalue weighted by atomic mass is 15.0. The molecule has 1 nitrogen and oxygen atoms in total.